The van der Waals surface area contributed by atoms with E-state index in [1.165, 1.54) is 18.4 Å². The number of anilines is 1. The number of aromatic nitrogens is 2. The Kier molecular flexibility index (Phi) is 3.38. The lowest BCUT2D eigenvalue weighted by molar-refractivity contribution is -0.141. The van der Waals surface area contributed by atoms with Crippen molar-refractivity contribution in [1.82, 2.24) is 10.2 Å². The highest BCUT2D eigenvalue weighted by molar-refractivity contribution is 7.15. The van der Waals surface area contributed by atoms with E-state index in [0.29, 0.717) is 23.4 Å². The molecule has 0 saturated heterocycles. The molecule has 2 rings (SSSR count). The number of nitrogen functional groups attached to an aromatic ring is 1. The van der Waals surface area contributed by atoms with E-state index >= 15 is 0 Å². The van der Waals surface area contributed by atoms with Crippen LogP contribution in [0.25, 0.3) is 0 Å². The fourth-order valence-corrected chi connectivity index (χ4v) is 2.97. The molecule has 2 unspecified atom stereocenters. The van der Waals surface area contributed by atoms with E-state index in [0.717, 1.165) is 24.3 Å². The van der Waals surface area contributed by atoms with Crippen LogP contribution in [-0.2, 0) is 9.53 Å². The number of hydrogen-bond acceptors (Lipinski definition) is 6. The Hall–Kier alpha value is -1.17. The summed E-state index contributed by atoms with van der Waals surface area (Å²) in [5.41, 5.74) is 5.55. The van der Waals surface area contributed by atoms with Gasteiger partial charge in [-0.25, -0.2) is 0 Å². The molecule has 1 aromatic rings. The second kappa shape index (κ2) is 4.78. The fraction of sp³-hybridized carbons (Fsp3) is 0.700. The van der Waals surface area contributed by atoms with Crippen LogP contribution in [0.4, 0.5) is 5.13 Å². The van der Waals surface area contributed by atoms with Crippen LogP contribution in [0.3, 0.4) is 0 Å². The standard InChI is InChI=1S/C10H15N3O2S/c1-15-8(14)5-6-2-3-7(4-6)9-12-13-10(11)16-9/h6-7H,2-5H2,1H3,(H2,11,13). The van der Waals surface area contributed by atoms with Gasteiger partial charge in [-0.05, 0) is 25.2 Å². The number of hydrogen-bond donors (Lipinski definition) is 1. The lowest BCUT2D eigenvalue weighted by atomic mass is 10.0. The Bertz CT molecular complexity index is 380. The van der Waals surface area contributed by atoms with Crippen molar-refractivity contribution in [2.24, 2.45) is 5.92 Å². The van der Waals surface area contributed by atoms with Crippen molar-refractivity contribution in [2.75, 3.05) is 12.8 Å². The Morgan fingerprint density at radius 2 is 2.38 bits per heavy atom. The van der Waals surface area contributed by atoms with Crippen molar-refractivity contribution in [3.63, 3.8) is 0 Å². The zero-order valence-corrected chi connectivity index (χ0v) is 10.00. The highest BCUT2D eigenvalue weighted by Gasteiger charge is 2.29. The molecular formula is C10H15N3O2S. The monoisotopic (exact) mass is 241 g/mol. The van der Waals surface area contributed by atoms with Crippen molar-refractivity contribution in [3.8, 4) is 0 Å². The third-order valence-electron chi connectivity index (χ3n) is 3.03. The van der Waals surface area contributed by atoms with Crippen molar-refractivity contribution in [2.45, 2.75) is 31.6 Å². The van der Waals surface area contributed by atoms with Gasteiger partial charge in [0.2, 0.25) is 5.13 Å². The molecule has 0 amide bonds. The van der Waals surface area contributed by atoms with Crippen LogP contribution in [0.1, 0.15) is 36.6 Å². The second-order valence-electron chi connectivity index (χ2n) is 4.13. The van der Waals surface area contributed by atoms with E-state index in [2.05, 4.69) is 14.9 Å². The molecule has 0 aliphatic heterocycles. The van der Waals surface area contributed by atoms with Crippen LogP contribution >= 0.6 is 11.3 Å². The number of methoxy groups -OCH3 is 1. The summed E-state index contributed by atoms with van der Waals surface area (Å²) in [6.07, 6.45) is 3.63. The molecule has 5 nitrogen and oxygen atoms in total. The van der Waals surface area contributed by atoms with Gasteiger partial charge in [-0.3, -0.25) is 4.79 Å². The second-order valence-corrected chi connectivity index (χ2v) is 5.18. The van der Waals surface area contributed by atoms with Gasteiger partial charge in [0.05, 0.1) is 7.11 Å². The molecular weight excluding hydrogens is 226 g/mol. The number of rotatable bonds is 3. The predicted octanol–water partition coefficient (Wildman–Crippen LogP) is 1.57. The summed E-state index contributed by atoms with van der Waals surface area (Å²) in [6, 6.07) is 0. The van der Waals surface area contributed by atoms with Gasteiger partial charge in [0.25, 0.3) is 0 Å². The van der Waals surface area contributed by atoms with Gasteiger partial charge < -0.3 is 10.5 Å². The summed E-state index contributed by atoms with van der Waals surface area (Å²) >= 11 is 1.45. The van der Waals surface area contributed by atoms with E-state index in [9.17, 15) is 4.79 Å². The fourth-order valence-electron chi connectivity index (χ4n) is 2.22. The maximum Gasteiger partial charge on any atom is 0.305 e. The van der Waals surface area contributed by atoms with Crippen LogP contribution in [0, 0.1) is 5.92 Å². The van der Waals surface area contributed by atoms with Crippen LogP contribution in [-0.4, -0.2) is 23.3 Å². The average molecular weight is 241 g/mol. The van der Waals surface area contributed by atoms with Gasteiger partial charge in [0, 0.05) is 12.3 Å². The van der Waals surface area contributed by atoms with Gasteiger partial charge in [0.15, 0.2) is 0 Å². The first-order chi connectivity index (χ1) is 7.69. The van der Waals surface area contributed by atoms with Crippen molar-refractivity contribution in [3.05, 3.63) is 5.01 Å². The van der Waals surface area contributed by atoms with Crippen LogP contribution in [0.5, 0.6) is 0 Å². The van der Waals surface area contributed by atoms with E-state index in [4.69, 9.17) is 5.73 Å². The molecule has 0 radical (unpaired) electrons. The molecule has 1 aromatic heterocycles. The van der Waals surface area contributed by atoms with E-state index < -0.39 is 0 Å². The maximum absolute atomic E-state index is 11.1. The number of nitrogens with two attached hydrogens (primary N) is 1. The Labute approximate surface area is 98.0 Å². The van der Waals surface area contributed by atoms with Gasteiger partial charge in [-0.15, -0.1) is 10.2 Å². The van der Waals surface area contributed by atoms with E-state index in [1.54, 1.807) is 0 Å². The lowest BCUT2D eigenvalue weighted by Crippen LogP contribution is -2.07. The van der Waals surface area contributed by atoms with Crippen molar-refractivity contribution in [1.29, 1.82) is 0 Å². The number of carbonyl (C=O) groups excluding carboxylic acids is 1. The summed E-state index contributed by atoms with van der Waals surface area (Å²) in [7, 11) is 1.43. The first-order valence-corrected chi connectivity index (χ1v) is 6.16. The molecule has 0 spiro atoms. The summed E-state index contributed by atoms with van der Waals surface area (Å²) in [5, 5.41) is 9.40. The molecule has 1 aliphatic carbocycles. The Morgan fingerprint density at radius 1 is 1.56 bits per heavy atom. The summed E-state index contributed by atoms with van der Waals surface area (Å²) in [6.45, 7) is 0. The SMILES string of the molecule is COC(=O)CC1CCC(c2nnc(N)s2)C1. The summed E-state index contributed by atoms with van der Waals surface area (Å²) in [4.78, 5) is 11.1. The topological polar surface area (TPSA) is 78.1 Å². The number of carbonyl (C=O) groups is 1. The molecule has 6 heteroatoms. The minimum absolute atomic E-state index is 0.123. The predicted molar refractivity (Wildman–Crippen MR) is 61.0 cm³/mol. The quantitative estimate of drug-likeness (QED) is 0.813. The molecule has 1 aliphatic rings. The smallest absolute Gasteiger partial charge is 0.305 e. The lowest BCUT2D eigenvalue weighted by Gasteiger charge is -2.07. The molecule has 1 fully saturated rings. The molecule has 16 heavy (non-hydrogen) atoms. The molecule has 0 aromatic carbocycles. The molecule has 1 heterocycles. The zero-order chi connectivity index (χ0) is 11.5. The summed E-state index contributed by atoms with van der Waals surface area (Å²) in [5.74, 6) is 0.717. The third-order valence-corrected chi connectivity index (χ3v) is 3.94. The maximum atomic E-state index is 11.1. The molecule has 1 saturated carbocycles. The zero-order valence-electron chi connectivity index (χ0n) is 9.18. The minimum atomic E-state index is -0.123. The van der Waals surface area contributed by atoms with Gasteiger partial charge in [0.1, 0.15) is 5.01 Å². The Morgan fingerprint density at radius 3 is 3.00 bits per heavy atom. The van der Waals surface area contributed by atoms with Gasteiger partial charge >= 0.3 is 5.97 Å². The highest BCUT2D eigenvalue weighted by atomic mass is 32.1. The van der Waals surface area contributed by atoms with Crippen LogP contribution in [0.15, 0.2) is 0 Å². The van der Waals surface area contributed by atoms with Gasteiger partial charge in [-0.2, -0.15) is 0 Å². The minimum Gasteiger partial charge on any atom is -0.469 e. The first kappa shape index (κ1) is 11.3. The van der Waals surface area contributed by atoms with Crippen molar-refractivity contribution < 1.29 is 9.53 Å². The largest absolute Gasteiger partial charge is 0.469 e. The van der Waals surface area contributed by atoms with E-state index in [1.807, 2.05) is 0 Å². The first-order valence-electron chi connectivity index (χ1n) is 5.34. The Balaban J connectivity index is 1.90. The number of nitrogens with zero attached hydrogens (tertiary/aromatic N) is 2. The number of ether oxygens (including phenoxy) is 1. The normalized spacial score (nSPS) is 24.6. The molecule has 0 bridgehead atoms. The highest BCUT2D eigenvalue weighted by Crippen LogP contribution is 2.40. The van der Waals surface area contributed by atoms with Crippen LogP contribution < -0.4 is 5.73 Å². The molecule has 88 valence electrons. The van der Waals surface area contributed by atoms with Crippen LogP contribution in [0.2, 0.25) is 0 Å². The van der Waals surface area contributed by atoms with Crippen molar-refractivity contribution >= 4 is 22.4 Å². The molecule has 2 N–H and O–H groups in total. The number of esters is 1. The average Bonchev–Trinajstić information content (AvgIpc) is 2.87. The third kappa shape index (κ3) is 2.49. The van der Waals surface area contributed by atoms with Gasteiger partial charge in [-0.1, -0.05) is 11.3 Å². The molecule has 2 atom stereocenters. The summed E-state index contributed by atoms with van der Waals surface area (Å²) < 4.78 is 4.67. The van der Waals surface area contributed by atoms with E-state index in [-0.39, 0.29) is 5.97 Å².